The van der Waals surface area contributed by atoms with Gasteiger partial charge in [-0.1, -0.05) is 20.8 Å². The van der Waals surface area contributed by atoms with E-state index in [0.717, 1.165) is 16.6 Å². The average molecular weight is 296 g/mol. The van der Waals surface area contributed by atoms with Gasteiger partial charge >= 0.3 is 0 Å². The minimum atomic E-state index is -0.140. The fourth-order valence-electron chi connectivity index (χ4n) is 2.33. The van der Waals surface area contributed by atoms with Gasteiger partial charge in [-0.2, -0.15) is 0 Å². The Bertz CT molecular complexity index is 892. The van der Waals surface area contributed by atoms with Crippen molar-refractivity contribution in [3.8, 4) is 0 Å². The molecule has 0 saturated heterocycles. The van der Waals surface area contributed by atoms with E-state index in [4.69, 9.17) is 0 Å². The summed E-state index contributed by atoms with van der Waals surface area (Å²) in [7, 11) is 0. The second-order valence-corrected chi connectivity index (χ2v) is 6.68. The summed E-state index contributed by atoms with van der Waals surface area (Å²) in [6, 6.07) is 3.94. The molecular weight excluding hydrogens is 276 g/mol. The van der Waals surface area contributed by atoms with Gasteiger partial charge in [-0.25, -0.2) is 4.98 Å². The topological polar surface area (TPSA) is 70.7 Å². The first-order valence-corrected chi connectivity index (χ1v) is 7.39. The second-order valence-electron chi connectivity index (χ2n) is 6.68. The van der Waals surface area contributed by atoms with Gasteiger partial charge in [0.05, 0.1) is 10.9 Å². The first-order valence-electron chi connectivity index (χ1n) is 7.39. The number of nitrogens with zero attached hydrogens (tertiary/aromatic N) is 2. The van der Waals surface area contributed by atoms with Gasteiger partial charge in [0.2, 0.25) is 0 Å². The summed E-state index contributed by atoms with van der Waals surface area (Å²) in [4.78, 5) is 23.7. The van der Waals surface area contributed by atoms with Crippen LogP contribution in [0.3, 0.4) is 0 Å². The van der Waals surface area contributed by atoms with E-state index in [1.54, 1.807) is 18.6 Å². The van der Waals surface area contributed by atoms with E-state index >= 15 is 0 Å². The van der Waals surface area contributed by atoms with Crippen LogP contribution >= 0.6 is 0 Å². The molecule has 3 aromatic rings. The van der Waals surface area contributed by atoms with Crippen LogP contribution in [0.25, 0.3) is 21.7 Å². The molecule has 5 nitrogen and oxygen atoms in total. The van der Waals surface area contributed by atoms with E-state index in [1.165, 1.54) is 0 Å². The van der Waals surface area contributed by atoms with Gasteiger partial charge in [0.25, 0.3) is 5.56 Å². The van der Waals surface area contributed by atoms with Gasteiger partial charge in [0, 0.05) is 35.4 Å². The molecule has 3 aromatic heterocycles. The first kappa shape index (κ1) is 14.5. The highest BCUT2D eigenvalue weighted by Gasteiger charge is 2.21. The molecule has 3 rings (SSSR count). The molecule has 2 N–H and O–H groups in total. The smallest absolute Gasteiger partial charge is 0.258 e. The molecule has 0 unspecified atom stereocenters. The number of hydrogen-bond donors (Lipinski definition) is 2. The lowest BCUT2D eigenvalue weighted by Crippen LogP contribution is -2.31. The molecule has 1 atom stereocenters. The van der Waals surface area contributed by atoms with Gasteiger partial charge in [0.15, 0.2) is 0 Å². The third-order valence-electron chi connectivity index (χ3n) is 4.17. The summed E-state index contributed by atoms with van der Waals surface area (Å²) in [5.41, 5.74) is 0.635. The lowest BCUT2D eigenvalue weighted by Gasteiger charge is -2.29. The SMILES string of the molecule is C[C@H](Nc1nc2cc[nH]c(=O)c2c2cnccc12)C(C)(C)C. The number of fused-ring (bicyclic) bond motifs is 3. The average Bonchev–Trinajstić information content (AvgIpc) is 2.46. The van der Waals surface area contributed by atoms with Crippen LogP contribution in [0, 0.1) is 5.41 Å². The Morgan fingerprint density at radius 3 is 2.73 bits per heavy atom. The van der Waals surface area contributed by atoms with Crippen molar-refractivity contribution in [1.82, 2.24) is 15.0 Å². The molecule has 3 heterocycles. The van der Waals surface area contributed by atoms with Crippen LogP contribution < -0.4 is 10.9 Å². The predicted molar refractivity (Wildman–Crippen MR) is 90.2 cm³/mol. The van der Waals surface area contributed by atoms with E-state index in [1.807, 2.05) is 12.1 Å². The zero-order valence-corrected chi connectivity index (χ0v) is 13.3. The van der Waals surface area contributed by atoms with Crippen molar-refractivity contribution >= 4 is 27.5 Å². The van der Waals surface area contributed by atoms with Gasteiger partial charge < -0.3 is 10.3 Å². The maximum absolute atomic E-state index is 12.1. The molecule has 0 saturated carbocycles. The van der Waals surface area contributed by atoms with Gasteiger partial charge in [-0.05, 0) is 24.5 Å². The summed E-state index contributed by atoms with van der Waals surface area (Å²) in [6.07, 6.45) is 5.07. The lowest BCUT2D eigenvalue weighted by molar-refractivity contribution is 0.359. The van der Waals surface area contributed by atoms with E-state index in [2.05, 4.69) is 48.0 Å². The molecule has 0 amide bonds. The second kappa shape index (κ2) is 5.09. The molecule has 0 aliphatic rings. The number of anilines is 1. The highest BCUT2D eigenvalue weighted by atomic mass is 16.1. The van der Waals surface area contributed by atoms with Crippen LogP contribution in [0.2, 0.25) is 0 Å². The zero-order valence-electron chi connectivity index (χ0n) is 13.3. The summed E-state index contributed by atoms with van der Waals surface area (Å²) in [5, 5.41) is 5.80. The zero-order chi connectivity index (χ0) is 15.9. The number of aromatic nitrogens is 3. The van der Waals surface area contributed by atoms with Gasteiger partial charge in [-0.3, -0.25) is 9.78 Å². The third-order valence-corrected chi connectivity index (χ3v) is 4.17. The van der Waals surface area contributed by atoms with E-state index in [9.17, 15) is 4.79 Å². The maximum Gasteiger partial charge on any atom is 0.258 e. The Morgan fingerprint density at radius 2 is 2.00 bits per heavy atom. The molecule has 0 fully saturated rings. The number of H-pyrrole nitrogens is 1. The van der Waals surface area contributed by atoms with E-state index < -0.39 is 0 Å². The first-order chi connectivity index (χ1) is 10.4. The minimum Gasteiger partial charge on any atom is -0.367 e. The molecule has 0 spiro atoms. The van der Waals surface area contributed by atoms with Crippen molar-refractivity contribution in [2.24, 2.45) is 5.41 Å². The van der Waals surface area contributed by atoms with Crippen molar-refractivity contribution in [3.05, 3.63) is 41.1 Å². The summed E-state index contributed by atoms with van der Waals surface area (Å²) in [5.74, 6) is 0.790. The number of hydrogen-bond acceptors (Lipinski definition) is 4. The van der Waals surface area contributed by atoms with Crippen molar-refractivity contribution in [3.63, 3.8) is 0 Å². The highest BCUT2D eigenvalue weighted by molar-refractivity contribution is 6.09. The Morgan fingerprint density at radius 1 is 1.23 bits per heavy atom. The van der Waals surface area contributed by atoms with Crippen molar-refractivity contribution < 1.29 is 0 Å². The molecule has 5 heteroatoms. The third kappa shape index (κ3) is 2.43. The quantitative estimate of drug-likeness (QED) is 0.712. The fourth-order valence-corrected chi connectivity index (χ4v) is 2.33. The highest BCUT2D eigenvalue weighted by Crippen LogP contribution is 2.29. The van der Waals surface area contributed by atoms with Crippen LogP contribution in [-0.2, 0) is 0 Å². The van der Waals surface area contributed by atoms with Crippen LogP contribution in [0.4, 0.5) is 5.82 Å². The normalized spacial score (nSPS) is 13.5. The van der Waals surface area contributed by atoms with E-state index in [-0.39, 0.29) is 17.0 Å². The summed E-state index contributed by atoms with van der Waals surface area (Å²) >= 11 is 0. The Balaban J connectivity index is 2.28. The Kier molecular flexibility index (Phi) is 3.35. The molecule has 0 bridgehead atoms. The lowest BCUT2D eigenvalue weighted by atomic mass is 9.88. The van der Waals surface area contributed by atoms with Crippen molar-refractivity contribution in [2.45, 2.75) is 33.7 Å². The fraction of sp³-hybridized carbons (Fsp3) is 0.353. The van der Waals surface area contributed by atoms with Crippen LogP contribution in [-0.4, -0.2) is 21.0 Å². The number of rotatable bonds is 2. The molecule has 0 aromatic carbocycles. The molecule has 0 aliphatic heterocycles. The van der Waals surface area contributed by atoms with Gasteiger partial charge in [-0.15, -0.1) is 0 Å². The van der Waals surface area contributed by atoms with Crippen molar-refractivity contribution in [1.29, 1.82) is 0 Å². The largest absolute Gasteiger partial charge is 0.367 e. The molecule has 0 radical (unpaired) electrons. The monoisotopic (exact) mass is 296 g/mol. The van der Waals surface area contributed by atoms with Crippen LogP contribution in [0.1, 0.15) is 27.7 Å². The molecular formula is C17H20N4O. The number of nitrogens with one attached hydrogen (secondary N) is 2. The molecule has 0 aliphatic carbocycles. The summed E-state index contributed by atoms with van der Waals surface area (Å²) in [6.45, 7) is 8.68. The number of pyridine rings is 3. The Hall–Kier alpha value is -2.43. The standard InChI is InChI=1S/C17H20N4O/c1-10(17(2,3)4)20-15-11-5-7-18-9-12(11)14-13(21-15)6-8-19-16(14)22/h5-10H,1-4H3,(H,19,22)(H,20,21)/t10-/m0/s1. The van der Waals surface area contributed by atoms with Crippen molar-refractivity contribution in [2.75, 3.05) is 5.32 Å². The Labute approximate surface area is 128 Å². The summed E-state index contributed by atoms with van der Waals surface area (Å²) < 4.78 is 0. The molecule has 22 heavy (non-hydrogen) atoms. The van der Waals surface area contributed by atoms with Crippen LogP contribution in [0.5, 0.6) is 0 Å². The van der Waals surface area contributed by atoms with Gasteiger partial charge in [0.1, 0.15) is 5.82 Å². The van der Waals surface area contributed by atoms with Crippen LogP contribution in [0.15, 0.2) is 35.5 Å². The predicted octanol–water partition coefficient (Wildman–Crippen LogP) is 3.32. The van der Waals surface area contributed by atoms with E-state index in [0.29, 0.717) is 10.9 Å². The minimum absolute atomic E-state index is 0.101. The molecule has 114 valence electrons. The number of aromatic amines is 1. The maximum atomic E-state index is 12.1.